The number of azo groups is 1. The van der Waals surface area contributed by atoms with Crippen LogP contribution in [0.5, 0.6) is 0 Å². The molecule has 4 rings (SSSR count). The van der Waals surface area contributed by atoms with Gasteiger partial charge in [-0.1, -0.05) is 6.07 Å². The summed E-state index contributed by atoms with van der Waals surface area (Å²) in [5.74, 6) is -1.14. The van der Waals surface area contributed by atoms with Crippen LogP contribution < -0.4 is 5.32 Å². The molecular weight excluding hydrogens is 397 g/mol. The monoisotopic (exact) mass is 427 g/mol. The van der Waals surface area contributed by atoms with Gasteiger partial charge in [-0.2, -0.15) is 5.11 Å². The number of benzene rings is 1. The van der Waals surface area contributed by atoms with Crippen molar-refractivity contribution in [2.75, 3.05) is 46.3 Å². The van der Waals surface area contributed by atoms with Crippen molar-refractivity contribution in [3.8, 4) is 0 Å². The van der Waals surface area contributed by atoms with Crippen LogP contribution in [0.4, 0.5) is 4.39 Å². The molecule has 3 aliphatic rings. The van der Waals surface area contributed by atoms with Gasteiger partial charge in [0.2, 0.25) is 0 Å². The van der Waals surface area contributed by atoms with Gasteiger partial charge < -0.3 is 10.2 Å². The molecule has 1 fully saturated rings. The van der Waals surface area contributed by atoms with Gasteiger partial charge in [-0.05, 0) is 56.0 Å². The van der Waals surface area contributed by atoms with E-state index in [9.17, 15) is 14.0 Å². The molecule has 1 N–H and O–H groups in total. The lowest BCUT2D eigenvalue weighted by atomic mass is 9.84. The molecule has 7 nitrogen and oxygen atoms in total. The number of halogens is 1. The highest BCUT2D eigenvalue weighted by Gasteiger charge is 2.29. The summed E-state index contributed by atoms with van der Waals surface area (Å²) in [6.45, 7) is 5.24. The third-order valence-corrected chi connectivity index (χ3v) is 6.47. The molecule has 0 spiro atoms. The van der Waals surface area contributed by atoms with E-state index < -0.39 is 11.7 Å². The molecule has 2 heterocycles. The quantitative estimate of drug-likeness (QED) is 0.757. The Balaban J connectivity index is 1.38. The standard InChI is InChI=1S/C23H30FN5O2/c1-28-10-12-29(13-11-28)9-8-25-22(30)19-14-16(6-7-20(19)24)15-21-17-4-2-3-5-18(17)23(31)27-26-21/h6-7,14,21H,2-5,8-13,15H2,1H3,(H,25,30). The predicted molar refractivity (Wildman–Crippen MR) is 116 cm³/mol. The molecule has 1 saturated heterocycles. The van der Waals surface area contributed by atoms with E-state index >= 15 is 0 Å². The summed E-state index contributed by atoms with van der Waals surface area (Å²) in [7, 11) is 2.10. The molecule has 2 aliphatic heterocycles. The zero-order chi connectivity index (χ0) is 21.8. The summed E-state index contributed by atoms with van der Waals surface area (Å²) in [5.41, 5.74) is 2.74. The summed E-state index contributed by atoms with van der Waals surface area (Å²) in [6, 6.07) is 4.43. The van der Waals surface area contributed by atoms with Crippen molar-refractivity contribution >= 4 is 11.8 Å². The topological polar surface area (TPSA) is 77.4 Å². The van der Waals surface area contributed by atoms with Gasteiger partial charge >= 0.3 is 0 Å². The average Bonchev–Trinajstić information content (AvgIpc) is 2.78. The molecule has 31 heavy (non-hydrogen) atoms. The summed E-state index contributed by atoms with van der Waals surface area (Å²) in [4.78, 5) is 29.2. The van der Waals surface area contributed by atoms with Crippen LogP contribution in [-0.2, 0) is 11.2 Å². The first-order valence-corrected chi connectivity index (χ1v) is 11.2. The van der Waals surface area contributed by atoms with Gasteiger partial charge in [0.05, 0.1) is 11.6 Å². The average molecular weight is 428 g/mol. The Kier molecular flexibility index (Phi) is 6.87. The van der Waals surface area contributed by atoms with Gasteiger partial charge in [0.15, 0.2) is 0 Å². The predicted octanol–water partition coefficient (Wildman–Crippen LogP) is 2.58. The number of carbonyl (C=O) groups excluding carboxylic acids is 2. The van der Waals surface area contributed by atoms with Crippen molar-refractivity contribution in [2.45, 2.75) is 38.1 Å². The first-order valence-electron chi connectivity index (χ1n) is 11.2. The fraction of sp³-hybridized carbons (Fsp3) is 0.565. The Bertz CT molecular complexity index is 905. The van der Waals surface area contributed by atoms with Crippen molar-refractivity contribution < 1.29 is 14.0 Å². The number of amides is 2. The van der Waals surface area contributed by atoms with E-state index in [1.54, 1.807) is 12.1 Å². The number of nitrogens with zero attached hydrogens (tertiary/aromatic N) is 4. The minimum absolute atomic E-state index is 0.0533. The number of nitrogens with one attached hydrogen (secondary N) is 1. The largest absolute Gasteiger partial charge is 0.351 e. The van der Waals surface area contributed by atoms with Gasteiger partial charge in [-0.15, -0.1) is 5.11 Å². The first kappa shape index (κ1) is 21.8. The Morgan fingerprint density at radius 3 is 2.77 bits per heavy atom. The van der Waals surface area contributed by atoms with Gasteiger partial charge in [0.1, 0.15) is 5.82 Å². The van der Waals surface area contributed by atoms with Crippen LogP contribution >= 0.6 is 0 Å². The Labute approximate surface area is 182 Å². The number of likely N-dealkylation sites (N-methyl/N-ethyl adjacent to an activating group) is 1. The van der Waals surface area contributed by atoms with Gasteiger partial charge in [-0.25, -0.2) is 4.39 Å². The number of hydrogen-bond donors (Lipinski definition) is 1. The molecule has 0 aromatic heterocycles. The van der Waals surface area contributed by atoms with E-state index in [2.05, 4.69) is 32.4 Å². The van der Waals surface area contributed by atoms with Crippen LogP contribution in [0.3, 0.4) is 0 Å². The third kappa shape index (κ3) is 5.25. The number of hydrogen-bond acceptors (Lipinski definition) is 5. The van der Waals surface area contributed by atoms with Crippen molar-refractivity contribution in [2.24, 2.45) is 10.2 Å². The van der Waals surface area contributed by atoms with Crippen molar-refractivity contribution in [1.82, 2.24) is 15.1 Å². The molecule has 8 heteroatoms. The summed E-state index contributed by atoms with van der Waals surface area (Å²) in [5, 5.41) is 10.9. The van der Waals surface area contributed by atoms with Crippen molar-refractivity contribution in [1.29, 1.82) is 0 Å². The van der Waals surface area contributed by atoms with Crippen LogP contribution in [-0.4, -0.2) is 74.0 Å². The van der Waals surface area contributed by atoms with E-state index in [0.717, 1.165) is 75.1 Å². The highest BCUT2D eigenvalue weighted by Crippen LogP contribution is 2.33. The number of rotatable bonds is 6. The number of piperazine rings is 1. The van der Waals surface area contributed by atoms with Crippen LogP contribution in [0.15, 0.2) is 39.6 Å². The second-order valence-corrected chi connectivity index (χ2v) is 8.67. The Hall–Kier alpha value is -2.45. The molecule has 0 radical (unpaired) electrons. The minimum Gasteiger partial charge on any atom is -0.351 e. The summed E-state index contributed by atoms with van der Waals surface area (Å²) < 4.78 is 14.4. The SMILES string of the molecule is CN1CCN(CCNC(=O)c2cc(CC3N=NC(=O)C4=C3CCCC4)ccc2F)CC1. The van der Waals surface area contributed by atoms with Crippen molar-refractivity contribution in [3.63, 3.8) is 0 Å². The van der Waals surface area contributed by atoms with E-state index in [1.165, 1.54) is 6.07 Å². The second kappa shape index (κ2) is 9.78. The highest BCUT2D eigenvalue weighted by atomic mass is 19.1. The Morgan fingerprint density at radius 1 is 1.19 bits per heavy atom. The van der Waals surface area contributed by atoms with Crippen LogP contribution in [0.25, 0.3) is 0 Å². The van der Waals surface area contributed by atoms with Gasteiger partial charge in [0.25, 0.3) is 11.8 Å². The molecule has 0 bridgehead atoms. The number of carbonyl (C=O) groups is 2. The fourth-order valence-electron chi connectivity index (χ4n) is 4.55. The molecule has 1 aromatic carbocycles. The lowest BCUT2D eigenvalue weighted by molar-refractivity contribution is -0.115. The normalized spacial score (nSPS) is 22.5. The maximum absolute atomic E-state index is 14.4. The maximum Gasteiger partial charge on any atom is 0.291 e. The lowest BCUT2D eigenvalue weighted by Crippen LogP contribution is -2.46. The van der Waals surface area contributed by atoms with E-state index in [1.807, 2.05) is 0 Å². The van der Waals surface area contributed by atoms with E-state index in [-0.39, 0.29) is 17.5 Å². The van der Waals surface area contributed by atoms with Gasteiger partial charge in [0, 0.05) is 51.3 Å². The van der Waals surface area contributed by atoms with Gasteiger partial charge in [-0.3, -0.25) is 14.5 Å². The van der Waals surface area contributed by atoms with Crippen LogP contribution in [0.2, 0.25) is 0 Å². The Morgan fingerprint density at radius 2 is 1.97 bits per heavy atom. The van der Waals surface area contributed by atoms with Crippen LogP contribution in [0.1, 0.15) is 41.6 Å². The maximum atomic E-state index is 14.4. The molecule has 1 atom stereocenters. The third-order valence-electron chi connectivity index (χ3n) is 6.47. The molecule has 166 valence electrons. The van der Waals surface area contributed by atoms with Crippen molar-refractivity contribution in [3.05, 3.63) is 46.3 Å². The highest BCUT2D eigenvalue weighted by molar-refractivity contribution is 5.96. The van der Waals surface area contributed by atoms with Crippen LogP contribution in [0, 0.1) is 5.82 Å². The first-order chi connectivity index (χ1) is 15.0. The molecule has 1 aliphatic carbocycles. The smallest absolute Gasteiger partial charge is 0.291 e. The summed E-state index contributed by atoms with van der Waals surface area (Å²) in [6.07, 6.45) is 4.17. The molecule has 1 unspecified atom stereocenters. The summed E-state index contributed by atoms with van der Waals surface area (Å²) >= 11 is 0. The van der Waals surface area contributed by atoms with E-state index in [0.29, 0.717) is 13.0 Å². The zero-order valence-corrected chi connectivity index (χ0v) is 18.1. The molecule has 1 aromatic rings. The van der Waals surface area contributed by atoms with E-state index in [4.69, 9.17) is 0 Å². The molecule has 2 amide bonds. The lowest BCUT2D eigenvalue weighted by Gasteiger charge is -2.32. The fourth-order valence-corrected chi connectivity index (χ4v) is 4.55. The second-order valence-electron chi connectivity index (χ2n) is 8.67. The molecule has 0 saturated carbocycles. The molecular formula is C23H30FN5O2. The zero-order valence-electron chi connectivity index (χ0n) is 18.1. The minimum atomic E-state index is -0.529.